The number of thiophene rings is 1. The Morgan fingerprint density at radius 2 is 2.25 bits per heavy atom. The van der Waals surface area contributed by atoms with Gasteiger partial charge in [-0.2, -0.15) is 0 Å². The van der Waals surface area contributed by atoms with E-state index < -0.39 is 5.60 Å². The number of amides is 1. The first-order chi connectivity index (χ1) is 11.4. The number of carbonyl (C=O) groups is 1. The van der Waals surface area contributed by atoms with Crippen LogP contribution in [0.5, 0.6) is 5.75 Å². The molecule has 5 nitrogen and oxygen atoms in total. The van der Waals surface area contributed by atoms with E-state index in [2.05, 4.69) is 11.1 Å². The molecule has 1 atom stereocenters. The van der Waals surface area contributed by atoms with Crippen molar-refractivity contribution >= 4 is 17.4 Å². The number of carbonyl (C=O) groups excluding carboxylic acids is 1. The summed E-state index contributed by atoms with van der Waals surface area (Å²) in [7, 11) is 0. The maximum absolute atomic E-state index is 12.1. The molecule has 2 aromatic heterocycles. The van der Waals surface area contributed by atoms with E-state index in [0.717, 1.165) is 29.2 Å². The van der Waals surface area contributed by atoms with Crippen molar-refractivity contribution in [1.29, 1.82) is 0 Å². The van der Waals surface area contributed by atoms with E-state index in [1.807, 2.05) is 44.5 Å². The molecule has 1 aliphatic rings. The molecule has 0 radical (unpaired) electrons. The van der Waals surface area contributed by atoms with Gasteiger partial charge in [0.1, 0.15) is 18.0 Å². The zero-order valence-electron chi connectivity index (χ0n) is 14.2. The maximum atomic E-state index is 12.1. The smallest absolute Gasteiger partial charge is 0.410 e. The van der Waals surface area contributed by atoms with E-state index in [4.69, 9.17) is 9.47 Å². The van der Waals surface area contributed by atoms with Gasteiger partial charge in [0, 0.05) is 23.2 Å². The van der Waals surface area contributed by atoms with Gasteiger partial charge < -0.3 is 14.4 Å². The summed E-state index contributed by atoms with van der Waals surface area (Å²) in [6.07, 6.45) is 4.19. The van der Waals surface area contributed by atoms with Crippen LogP contribution in [-0.4, -0.2) is 40.8 Å². The molecule has 1 amide bonds. The van der Waals surface area contributed by atoms with Crippen LogP contribution in [0.2, 0.25) is 0 Å². The van der Waals surface area contributed by atoms with E-state index in [1.165, 1.54) is 0 Å². The number of hydrogen-bond acceptors (Lipinski definition) is 5. The topological polar surface area (TPSA) is 51.7 Å². The zero-order chi connectivity index (χ0) is 17.2. The van der Waals surface area contributed by atoms with E-state index >= 15 is 0 Å². The highest BCUT2D eigenvalue weighted by atomic mass is 32.1. The lowest BCUT2D eigenvalue weighted by Crippen LogP contribution is -2.55. The van der Waals surface area contributed by atoms with Gasteiger partial charge in [-0.15, -0.1) is 11.3 Å². The van der Waals surface area contributed by atoms with E-state index in [9.17, 15) is 4.79 Å². The van der Waals surface area contributed by atoms with E-state index in [-0.39, 0.29) is 12.1 Å². The highest BCUT2D eigenvalue weighted by Crippen LogP contribution is 2.27. The third-order valence-corrected chi connectivity index (χ3v) is 4.65. The lowest BCUT2D eigenvalue weighted by molar-refractivity contribution is -0.0141. The summed E-state index contributed by atoms with van der Waals surface area (Å²) in [5, 5.41) is 2.04. The second-order valence-electron chi connectivity index (χ2n) is 6.81. The van der Waals surface area contributed by atoms with Crippen molar-refractivity contribution in [3.63, 3.8) is 0 Å². The molecule has 128 valence electrons. The molecule has 0 aliphatic carbocycles. The van der Waals surface area contributed by atoms with Crippen LogP contribution in [0, 0.1) is 0 Å². The van der Waals surface area contributed by atoms with Crippen molar-refractivity contribution in [1.82, 2.24) is 9.88 Å². The van der Waals surface area contributed by atoms with Crippen molar-refractivity contribution in [3.05, 3.63) is 36.0 Å². The Labute approximate surface area is 146 Å². The van der Waals surface area contributed by atoms with Gasteiger partial charge in [-0.25, -0.2) is 4.79 Å². The van der Waals surface area contributed by atoms with Gasteiger partial charge in [0.2, 0.25) is 0 Å². The molecule has 3 heterocycles. The van der Waals surface area contributed by atoms with Crippen LogP contribution < -0.4 is 4.74 Å². The molecule has 1 saturated heterocycles. The van der Waals surface area contributed by atoms with Gasteiger partial charge >= 0.3 is 6.09 Å². The van der Waals surface area contributed by atoms with Gasteiger partial charge in [0.05, 0.1) is 12.2 Å². The van der Waals surface area contributed by atoms with Crippen molar-refractivity contribution in [2.75, 3.05) is 13.2 Å². The molecule has 24 heavy (non-hydrogen) atoms. The zero-order valence-corrected chi connectivity index (χ0v) is 15.0. The molecule has 2 aromatic rings. The van der Waals surface area contributed by atoms with Gasteiger partial charge in [0.25, 0.3) is 0 Å². The second kappa shape index (κ2) is 6.81. The first kappa shape index (κ1) is 16.8. The molecule has 0 spiro atoms. The highest BCUT2D eigenvalue weighted by Gasteiger charge is 2.35. The monoisotopic (exact) mass is 346 g/mol. The minimum absolute atomic E-state index is 0.0604. The summed E-state index contributed by atoms with van der Waals surface area (Å²) < 4.78 is 11.3. The summed E-state index contributed by atoms with van der Waals surface area (Å²) in [4.78, 5) is 19.2. The van der Waals surface area contributed by atoms with Crippen molar-refractivity contribution in [3.8, 4) is 16.2 Å². The number of nitrogens with zero attached hydrogens (tertiary/aromatic N) is 2. The third kappa shape index (κ3) is 4.06. The summed E-state index contributed by atoms with van der Waals surface area (Å²) >= 11 is 1.67. The first-order valence-electron chi connectivity index (χ1n) is 8.04. The van der Waals surface area contributed by atoms with Crippen LogP contribution in [0.15, 0.2) is 36.0 Å². The average Bonchev–Trinajstić information content (AvgIpc) is 2.98. The molecular weight excluding hydrogens is 324 g/mol. The summed E-state index contributed by atoms with van der Waals surface area (Å²) in [5.41, 5.74) is 0.567. The maximum Gasteiger partial charge on any atom is 0.410 e. The van der Waals surface area contributed by atoms with Crippen molar-refractivity contribution in [2.24, 2.45) is 0 Å². The SMILES string of the molecule is CC(C)(C)OC(=O)N1CC[C@H]1COc1cncc(-c2cccs2)c1. The summed E-state index contributed by atoms with van der Waals surface area (Å²) in [6, 6.07) is 6.11. The highest BCUT2D eigenvalue weighted by molar-refractivity contribution is 7.13. The lowest BCUT2D eigenvalue weighted by atomic mass is 10.1. The number of ether oxygens (including phenoxy) is 2. The molecular formula is C18H22N2O3S. The molecule has 0 unspecified atom stereocenters. The van der Waals surface area contributed by atoms with Crippen LogP contribution in [-0.2, 0) is 4.74 Å². The largest absolute Gasteiger partial charge is 0.490 e. The lowest BCUT2D eigenvalue weighted by Gasteiger charge is -2.40. The molecule has 1 aliphatic heterocycles. The molecule has 0 aromatic carbocycles. The number of likely N-dealkylation sites (tertiary alicyclic amines) is 1. The van der Waals surface area contributed by atoms with Gasteiger partial charge in [-0.1, -0.05) is 6.07 Å². The Morgan fingerprint density at radius 3 is 2.88 bits per heavy atom. The molecule has 6 heteroatoms. The number of hydrogen-bond donors (Lipinski definition) is 0. The Hall–Kier alpha value is -2.08. The fraction of sp³-hybridized carbons (Fsp3) is 0.444. The molecule has 0 saturated carbocycles. The normalized spacial score (nSPS) is 17.3. The predicted molar refractivity (Wildman–Crippen MR) is 94.4 cm³/mol. The number of pyridine rings is 1. The summed E-state index contributed by atoms with van der Waals surface area (Å²) in [5.74, 6) is 0.719. The standard InChI is InChI=1S/C18H22N2O3S/c1-18(2,3)23-17(21)20-7-6-14(20)12-22-15-9-13(10-19-11-15)16-5-4-8-24-16/h4-5,8-11,14H,6-7,12H2,1-3H3/t14-/m0/s1. The Balaban J connectivity index is 1.56. The molecule has 0 bridgehead atoms. The van der Waals surface area contributed by atoms with Crippen LogP contribution in [0.3, 0.4) is 0 Å². The Morgan fingerprint density at radius 1 is 1.42 bits per heavy atom. The van der Waals surface area contributed by atoms with Gasteiger partial charge in [-0.05, 0) is 44.7 Å². The van der Waals surface area contributed by atoms with Crippen LogP contribution >= 0.6 is 11.3 Å². The van der Waals surface area contributed by atoms with E-state index in [0.29, 0.717) is 6.61 Å². The fourth-order valence-corrected chi connectivity index (χ4v) is 3.15. The minimum Gasteiger partial charge on any atom is -0.490 e. The first-order valence-corrected chi connectivity index (χ1v) is 8.92. The van der Waals surface area contributed by atoms with Crippen LogP contribution in [0.25, 0.3) is 10.4 Å². The van der Waals surface area contributed by atoms with Crippen molar-refractivity contribution < 1.29 is 14.3 Å². The average molecular weight is 346 g/mol. The van der Waals surface area contributed by atoms with Gasteiger partial charge in [0.15, 0.2) is 0 Å². The number of rotatable bonds is 4. The molecule has 3 rings (SSSR count). The molecule has 0 N–H and O–H groups in total. The van der Waals surface area contributed by atoms with Crippen LogP contribution in [0.1, 0.15) is 27.2 Å². The van der Waals surface area contributed by atoms with Crippen LogP contribution in [0.4, 0.5) is 4.79 Å². The van der Waals surface area contributed by atoms with Gasteiger partial charge in [-0.3, -0.25) is 4.98 Å². The fourth-order valence-electron chi connectivity index (χ4n) is 2.44. The molecule has 1 fully saturated rings. The third-order valence-electron chi connectivity index (χ3n) is 3.73. The van der Waals surface area contributed by atoms with E-state index in [1.54, 1.807) is 22.4 Å². The predicted octanol–water partition coefficient (Wildman–Crippen LogP) is 4.20. The van der Waals surface area contributed by atoms with Crippen molar-refractivity contribution in [2.45, 2.75) is 38.8 Å². The quantitative estimate of drug-likeness (QED) is 0.832. The summed E-state index contributed by atoms with van der Waals surface area (Å²) in [6.45, 7) is 6.79. The second-order valence-corrected chi connectivity index (χ2v) is 7.76. The Kier molecular flexibility index (Phi) is 4.76. The number of aromatic nitrogens is 1. The minimum atomic E-state index is -0.475. The Bertz CT molecular complexity index is 695.